The van der Waals surface area contributed by atoms with E-state index in [2.05, 4.69) is 20.3 Å². The number of rotatable bonds is 3. The van der Waals surface area contributed by atoms with Crippen molar-refractivity contribution >= 4 is 29.3 Å². The van der Waals surface area contributed by atoms with Crippen LogP contribution in [0.4, 0.5) is 29.6 Å². The molecule has 0 saturated carbocycles. The number of anilines is 2. The van der Waals surface area contributed by atoms with Gasteiger partial charge in [-0.3, -0.25) is 4.98 Å². The summed E-state index contributed by atoms with van der Waals surface area (Å²) in [5, 5.41) is 2.07. The summed E-state index contributed by atoms with van der Waals surface area (Å²) in [5.74, 6) is 0.0191. The number of likely N-dealkylation sites (tertiary alicyclic amines) is 1. The third-order valence-corrected chi connectivity index (χ3v) is 4.33. The largest absolute Gasteiger partial charge is 0.444 e. The van der Waals surface area contributed by atoms with E-state index >= 15 is 0 Å². The highest BCUT2D eigenvalue weighted by Crippen LogP contribution is 2.34. The Morgan fingerprint density at radius 2 is 1.90 bits per heavy atom. The SMILES string of the molecule is CC(C)(C)OC(=O)N1CC(c2ccc(Nc3ncc(C(F)(F)F)c(Cl)n3)cn2)C1. The van der Waals surface area contributed by atoms with Crippen LogP contribution in [0.25, 0.3) is 0 Å². The lowest BCUT2D eigenvalue weighted by Gasteiger charge is -2.39. The van der Waals surface area contributed by atoms with E-state index < -0.39 is 22.5 Å². The number of hydrogen-bond acceptors (Lipinski definition) is 6. The molecule has 1 amide bonds. The fourth-order valence-corrected chi connectivity index (χ4v) is 2.84. The molecule has 3 rings (SSSR count). The predicted octanol–water partition coefficient (Wildman–Crippen LogP) is 4.62. The standard InChI is InChI=1S/C18H19ClF3N5O2/c1-17(2,3)29-16(28)27-8-10(9-27)13-5-4-11(6-23-13)25-15-24-7-12(14(19)26-15)18(20,21)22/h4-7,10H,8-9H2,1-3H3,(H,24,25,26). The molecular formula is C18H19ClF3N5O2. The van der Waals surface area contributed by atoms with Crippen molar-refractivity contribution in [2.24, 2.45) is 0 Å². The number of pyridine rings is 1. The van der Waals surface area contributed by atoms with Gasteiger partial charge in [-0.2, -0.15) is 13.2 Å². The van der Waals surface area contributed by atoms with Crippen molar-refractivity contribution in [3.05, 3.63) is 40.9 Å². The van der Waals surface area contributed by atoms with Crippen LogP contribution in [0, 0.1) is 0 Å². The van der Waals surface area contributed by atoms with E-state index in [-0.39, 0.29) is 18.0 Å². The average molecular weight is 430 g/mol. The second kappa shape index (κ2) is 7.66. The molecule has 2 aromatic rings. The Kier molecular flexibility index (Phi) is 5.57. The van der Waals surface area contributed by atoms with Gasteiger partial charge in [-0.05, 0) is 32.9 Å². The molecule has 2 aromatic heterocycles. The molecule has 0 aliphatic carbocycles. The zero-order valence-electron chi connectivity index (χ0n) is 15.9. The Labute approximate surface area is 170 Å². The van der Waals surface area contributed by atoms with Gasteiger partial charge >= 0.3 is 12.3 Å². The van der Waals surface area contributed by atoms with Gasteiger partial charge in [-0.15, -0.1) is 0 Å². The van der Waals surface area contributed by atoms with Gasteiger partial charge in [0.2, 0.25) is 5.95 Å². The second-order valence-electron chi connectivity index (χ2n) is 7.57. The highest BCUT2D eigenvalue weighted by Gasteiger charge is 2.36. The number of hydrogen-bond donors (Lipinski definition) is 1. The molecule has 0 bridgehead atoms. The molecule has 11 heteroatoms. The molecule has 0 radical (unpaired) electrons. The molecule has 0 spiro atoms. The first-order valence-corrected chi connectivity index (χ1v) is 9.11. The van der Waals surface area contributed by atoms with Gasteiger partial charge < -0.3 is 15.0 Å². The van der Waals surface area contributed by atoms with Crippen LogP contribution in [-0.4, -0.2) is 44.6 Å². The van der Waals surface area contributed by atoms with Crippen molar-refractivity contribution in [1.29, 1.82) is 0 Å². The topological polar surface area (TPSA) is 80.2 Å². The number of alkyl halides is 3. The van der Waals surface area contributed by atoms with Crippen LogP contribution < -0.4 is 5.32 Å². The van der Waals surface area contributed by atoms with Gasteiger partial charge in [0, 0.05) is 30.9 Å². The van der Waals surface area contributed by atoms with Crippen LogP contribution in [0.3, 0.4) is 0 Å². The van der Waals surface area contributed by atoms with Crippen molar-refractivity contribution in [3.8, 4) is 0 Å². The second-order valence-corrected chi connectivity index (χ2v) is 7.93. The van der Waals surface area contributed by atoms with Gasteiger partial charge in [0.25, 0.3) is 0 Å². The van der Waals surface area contributed by atoms with E-state index in [1.54, 1.807) is 17.0 Å². The summed E-state index contributed by atoms with van der Waals surface area (Å²) in [6.07, 6.45) is -2.84. The highest BCUT2D eigenvalue weighted by molar-refractivity contribution is 6.30. The van der Waals surface area contributed by atoms with Crippen LogP contribution in [0.15, 0.2) is 24.5 Å². The van der Waals surface area contributed by atoms with Crippen LogP contribution in [-0.2, 0) is 10.9 Å². The zero-order chi connectivity index (χ0) is 21.4. The van der Waals surface area contributed by atoms with Crippen LogP contribution in [0.2, 0.25) is 5.15 Å². The van der Waals surface area contributed by atoms with Gasteiger partial charge in [-0.25, -0.2) is 14.8 Å². The van der Waals surface area contributed by atoms with E-state index in [0.29, 0.717) is 25.0 Å². The smallest absolute Gasteiger partial charge is 0.420 e. The first kappa shape index (κ1) is 21.1. The Morgan fingerprint density at radius 3 is 2.41 bits per heavy atom. The molecule has 3 heterocycles. The third kappa shape index (κ3) is 5.26. The van der Waals surface area contributed by atoms with Gasteiger partial charge in [0.1, 0.15) is 16.3 Å². The van der Waals surface area contributed by atoms with E-state index in [9.17, 15) is 18.0 Å². The quantitative estimate of drug-likeness (QED) is 0.717. The molecule has 0 unspecified atom stereocenters. The van der Waals surface area contributed by atoms with Crippen molar-refractivity contribution in [1.82, 2.24) is 19.9 Å². The monoisotopic (exact) mass is 429 g/mol. The molecule has 1 saturated heterocycles. The summed E-state index contributed by atoms with van der Waals surface area (Å²) in [7, 11) is 0. The minimum atomic E-state index is -4.62. The Morgan fingerprint density at radius 1 is 1.21 bits per heavy atom. The van der Waals surface area contributed by atoms with Crippen LogP contribution in [0.1, 0.15) is 37.9 Å². The number of aromatic nitrogens is 3. The minimum absolute atomic E-state index is 0.0719. The van der Waals surface area contributed by atoms with E-state index in [1.807, 2.05) is 20.8 Å². The molecule has 1 N–H and O–H groups in total. The normalized spacial score (nSPS) is 15.1. The Bertz CT molecular complexity index is 894. The Balaban J connectivity index is 1.58. The maximum Gasteiger partial charge on any atom is 0.420 e. The lowest BCUT2D eigenvalue weighted by molar-refractivity contribution is -0.137. The molecule has 1 aliphatic heterocycles. The van der Waals surface area contributed by atoms with E-state index in [0.717, 1.165) is 5.69 Å². The van der Waals surface area contributed by atoms with Gasteiger partial charge in [0.05, 0.1) is 11.9 Å². The first-order chi connectivity index (χ1) is 13.4. The molecule has 0 aromatic carbocycles. The lowest BCUT2D eigenvalue weighted by Crippen LogP contribution is -2.50. The average Bonchev–Trinajstić information content (AvgIpc) is 2.52. The number of halogens is 4. The molecule has 1 fully saturated rings. The number of carbonyl (C=O) groups excluding carboxylic acids is 1. The summed E-state index contributed by atoms with van der Waals surface area (Å²) >= 11 is 5.58. The Hall–Kier alpha value is -2.62. The van der Waals surface area contributed by atoms with Crippen LogP contribution in [0.5, 0.6) is 0 Å². The van der Waals surface area contributed by atoms with Crippen molar-refractivity contribution in [2.75, 3.05) is 18.4 Å². The maximum absolute atomic E-state index is 12.7. The van der Waals surface area contributed by atoms with Gasteiger partial charge in [-0.1, -0.05) is 11.6 Å². The summed E-state index contributed by atoms with van der Waals surface area (Å²) in [6, 6.07) is 3.47. The predicted molar refractivity (Wildman–Crippen MR) is 100 cm³/mol. The lowest BCUT2D eigenvalue weighted by atomic mass is 9.96. The van der Waals surface area contributed by atoms with E-state index in [1.165, 1.54) is 6.20 Å². The molecule has 156 valence electrons. The maximum atomic E-state index is 12.7. The molecular weight excluding hydrogens is 411 g/mol. The van der Waals surface area contributed by atoms with Crippen molar-refractivity contribution in [3.63, 3.8) is 0 Å². The molecule has 29 heavy (non-hydrogen) atoms. The fourth-order valence-electron chi connectivity index (χ4n) is 2.60. The third-order valence-electron chi connectivity index (χ3n) is 4.04. The number of ether oxygens (including phenoxy) is 1. The molecule has 1 aliphatic rings. The van der Waals surface area contributed by atoms with Crippen molar-refractivity contribution in [2.45, 2.75) is 38.5 Å². The summed E-state index contributed by atoms with van der Waals surface area (Å²) in [4.78, 5) is 25.1. The fraction of sp³-hybridized carbons (Fsp3) is 0.444. The number of amides is 1. The summed E-state index contributed by atoms with van der Waals surface area (Å²) in [6.45, 7) is 6.44. The summed E-state index contributed by atoms with van der Waals surface area (Å²) < 4.78 is 43.4. The first-order valence-electron chi connectivity index (χ1n) is 8.73. The van der Waals surface area contributed by atoms with Crippen LogP contribution >= 0.6 is 11.6 Å². The number of carbonyl (C=O) groups is 1. The van der Waals surface area contributed by atoms with Crippen molar-refractivity contribution < 1.29 is 22.7 Å². The zero-order valence-corrected chi connectivity index (χ0v) is 16.7. The van der Waals surface area contributed by atoms with E-state index in [4.69, 9.17) is 16.3 Å². The number of nitrogens with one attached hydrogen (secondary N) is 1. The molecule has 7 nitrogen and oxygen atoms in total. The van der Waals surface area contributed by atoms with Gasteiger partial charge in [0.15, 0.2) is 0 Å². The summed E-state index contributed by atoms with van der Waals surface area (Å²) in [5.41, 5.74) is -0.357. The minimum Gasteiger partial charge on any atom is -0.444 e. The number of nitrogens with zero attached hydrogens (tertiary/aromatic N) is 4. The molecule has 0 atom stereocenters. The highest BCUT2D eigenvalue weighted by atomic mass is 35.5.